The van der Waals surface area contributed by atoms with E-state index in [9.17, 15) is 4.79 Å². The summed E-state index contributed by atoms with van der Waals surface area (Å²) in [6.07, 6.45) is 0. The van der Waals surface area contributed by atoms with Gasteiger partial charge in [0.15, 0.2) is 0 Å². The summed E-state index contributed by atoms with van der Waals surface area (Å²) in [5, 5.41) is 3.99. The molecule has 1 atom stereocenters. The van der Waals surface area contributed by atoms with Crippen LogP contribution in [0.4, 0.5) is 0 Å². The van der Waals surface area contributed by atoms with Gasteiger partial charge in [0.05, 0.1) is 18.7 Å². The van der Waals surface area contributed by atoms with Gasteiger partial charge in [0.25, 0.3) is 5.91 Å². The topological polar surface area (TPSA) is 38.3 Å². The molecule has 0 radical (unpaired) electrons. The molecule has 0 saturated heterocycles. The van der Waals surface area contributed by atoms with Crippen LogP contribution in [0, 0.1) is 0 Å². The first-order valence-corrected chi connectivity index (χ1v) is 7.17. The number of ether oxygens (including phenoxy) is 1. The number of benzene rings is 2. The van der Waals surface area contributed by atoms with Gasteiger partial charge in [-0.2, -0.15) is 0 Å². The van der Waals surface area contributed by atoms with Crippen molar-refractivity contribution in [1.29, 1.82) is 0 Å². The Labute approximate surface area is 133 Å². The molecule has 0 aliphatic heterocycles. The Bertz CT molecular complexity index is 658. The van der Waals surface area contributed by atoms with Crippen LogP contribution < -0.4 is 10.1 Å². The highest BCUT2D eigenvalue weighted by Gasteiger charge is 2.17. The van der Waals surface area contributed by atoms with Crippen LogP contribution in [0.1, 0.15) is 28.9 Å². The Balaban J connectivity index is 2.22. The van der Waals surface area contributed by atoms with E-state index in [1.54, 1.807) is 24.3 Å². The number of hydrogen-bond donors (Lipinski definition) is 1. The predicted octanol–water partition coefficient (Wildman–Crippen LogP) is 4.49. The maximum Gasteiger partial charge on any atom is 0.255 e. The molecule has 0 heterocycles. The predicted molar refractivity (Wildman–Crippen MR) is 85.3 cm³/mol. The van der Waals surface area contributed by atoms with E-state index in [4.69, 9.17) is 27.9 Å². The number of rotatable bonds is 4. The van der Waals surface area contributed by atoms with Gasteiger partial charge < -0.3 is 10.1 Å². The molecule has 5 heteroatoms. The lowest BCUT2D eigenvalue weighted by Crippen LogP contribution is -2.27. The molecule has 3 nitrogen and oxygen atoms in total. The van der Waals surface area contributed by atoms with Crippen molar-refractivity contribution >= 4 is 29.1 Å². The summed E-state index contributed by atoms with van der Waals surface area (Å²) >= 11 is 12.1. The van der Waals surface area contributed by atoms with Gasteiger partial charge in [-0.05, 0) is 36.8 Å². The number of nitrogens with one attached hydrogen (secondary N) is 1. The zero-order chi connectivity index (χ0) is 15.4. The van der Waals surface area contributed by atoms with E-state index < -0.39 is 0 Å². The van der Waals surface area contributed by atoms with E-state index in [0.717, 1.165) is 5.56 Å². The Hall–Kier alpha value is -1.71. The SMILES string of the molecule is COc1ccc(Cl)cc1C(=O)NC(C)c1ccccc1Cl. The summed E-state index contributed by atoms with van der Waals surface area (Å²) in [5.74, 6) is 0.213. The van der Waals surface area contributed by atoms with Gasteiger partial charge in [-0.25, -0.2) is 0 Å². The number of halogens is 2. The highest BCUT2D eigenvalue weighted by Crippen LogP contribution is 2.25. The Morgan fingerprint density at radius 1 is 1.19 bits per heavy atom. The molecule has 110 valence electrons. The summed E-state index contributed by atoms with van der Waals surface area (Å²) in [4.78, 5) is 12.4. The average molecular weight is 324 g/mol. The fraction of sp³-hybridized carbons (Fsp3) is 0.188. The molecular weight excluding hydrogens is 309 g/mol. The fourth-order valence-electron chi connectivity index (χ4n) is 2.04. The maximum atomic E-state index is 12.4. The van der Waals surface area contributed by atoms with E-state index >= 15 is 0 Å². The Morgan fingerprint density at radius 3 is 2.57 bits per heavy atom. The maximum absolute atomic E-state index is 12.4. The highest BCUT2D eigenvalue weighted by atomic mass is 35.5. The third kappa shape index (κ3) is 3.69. The first-order valence-electron chi connectivity index (χ1n) is 6.41. The van der Waals surface area contributed by atoms with Crippen LogP contribution in [0.25, 0.3) is 0 Å². The van der Waals surface area contributed by atoms with Crippen LogP contribution in [0.5, 0.6) is 5.75 Å². The lowest BCUT2D eigenvalue weighted by molar-refractivity contribution is 0.0937. The molecule has 0 bridgehead atoms. The molecule has 0 aliphatic carbocycles. The van der Waals surface area contributed by atoms with Crippen molar-refractivity contribution in [3.8, 4) is 5.75 Å². The van der Waals surface area contributed by atoms with Crippen molar-refractivity contribution in [3.05, 3.63) is 63.6 Å². The van der Waals surface area contributed by atoms with E-state index in [0.29, 0.717) is 21.4 Å². The number of carbonyl (C=O) groups excluding carboxylic acids is 1. The van der Waals surface area contributed by atoms with Crippen molar-refractivity contribution in [2.45, 2.75) is 13.0 Å². The second-order valence-corrected chi connectivity index (χ2v) is 5.40. The Kier molecular flexibility index (Phi) is 5.10. The lowest BCUT2D eigenvalue weighted by Gasteiger charge is -2.17. The van der Waals surface area contributed by atoms with E-state index in [1.807, 2.05) is 25.1 Å². The average Bonchev–Trinajstić information content (AvgIpc) is 2.47. The molecule has 1 N–H and O–H groups in total. The minimum atomic E-state index is -0.262. The third-order valence-corrected chi connectivity index (χ3v) is 3.70. The third-order valence-electron chi connectivity index (χ3n) is 3.13. The number of amides is 1. The number of hydrogen-bond acceptors (Lipinski definition) is 2. The van der Waals surface area contributed by atoms with Crippen LogP contribution >= 0.6 is 23.2 Å². The minimum absolute atomic E-state index is 0.227. The van der Waals surface area contributed by atoms with Crippen molar-refractivity contribution in [2.24, 2.45) is 0 Å². The van der Waals surface area contributed by atoms with Gasteiger partial charge in [0, 0.05) is 10.0 Å². The van der Waals surface area contributed by atoms with Crippen molar-refractivity contribution in [3.63, 3.8) is 0 Å². The quantitative estimate of drug-likeness (QED) is 0.900. The first kappa shape index (κ1) is 15.7. The van der Waals surface area contributed by atoms with E-state index in [2.05, 4.69) is 5.32 Å². The highest BCUT2D eigenvalue weighted by molar-refractivity contribution is 6.31. The summed E-state index contributed by atoms with van der Waals surface area (Å²) in [7, 11) is 1.51. The number of carbonyl (C=O) groups is 1. The fourth-order valence-corrected chi connectivity index (χ4v) is 2.51. The molecule has 1 unspecified atom stereocenters. The molecule has 1 amide bonds. The smallest absolute Gasteiger partial charge is 0.255 e. The molecule has 2 aromatic rings. The van der Waals surface area contributed by atoms with Gasteiger partial charge in [0.1, 0.15) is 5.75 Å². The normalized spacial score (nSPS) is 11.8. The van der Waals surface area contributed by atoms with Crippen LogP contribution in [-0.2, 0) is 0 Å². The summed E-state index contributed by atoms with van der Waals surface area (Å²) in [5.41, 5.74) is 1.25. The van der Waals surface area contributed by atoms with Crippen LogP contribution in [0.3, 0.4) is 0 Å². The largest absolute Gasteiger partial charge is 0.496 e. The second kappa shape index (κ2) is 6.83. The molecular formula is C16H15Cl2NO2. The van der Waals surface area contributed by atoms with Crippen molar-refractivity contribution < 1.29 is 9.53 Å². The van der Waals surface area contributed by atoms with Crippen LogP contribution in [-0.4, -0.2) is 13.0 Å². The molecule has 0 spiro atoms. The summed E-state index contributed by atoms with van der Waals surface area (Å²) in [6.45, 7) is 1.87. The second-order valence-electron chi connectivity index (χ2n) is 4.56. The summed E-state index contributed by atoms with van der Waals surface area (Å²) < 4.78 is 5.19. The molecule has 2 aromatic carbocycles. The molecule has 21 heavy (non-hydrogen) atoms. The van der Waals surface area contributed by atoms with Crippen molar-refractivity contribution in [1.82, 2.24) is 5.32 Å². The van der Waals surface area contributed by atoms with Gasteiger partial charge in [-0.15, -0.1) is 0 Å². The van der Waals surface area contributed by atoms with Crippen molar-refractivity contribution in [2.75, 3.05) is 7.11 Å². The monoisotopic (exact) mass is 323 g/mol. The van der Waals surface area contributed by atoms with Gasteiger partial charge in [-0.3, -0.25) is 4.79 Å². The molecule has 0 aromatic heterocycles. The standard InChI is InChI=1S/C16H15Cl2NO2/c1-10(12-5-3-4-6-14(12)18)19-16(20)13-9-11(17)7-8-15(13)21-2/h3-10H,1-2H3,(H,19,20). The van der Waals surface area contributed by atoms with Crippen LogP contribution in [0.15, 0.2) is 42.5 Å². The zero-order valence-electron chi connectivity index (χ0n) is 11.7. The van der Waals surface area contributed by atoms with E-state index in [-0.39, 0.29) is 11.9 Å². The summed E-state index contributed by atoms with van der Waals surface area (Å²) in [6, 6.07) is 12.1. The first-order chi connectivity index (χ1) is 10.0. The molecule has 0 fully saturated rings. The minimum Gasteiger partial charge on any atom is -0.496 e. The van der Waals surface area contributed by atoms with Crippen LogP contribution in [0.2, 0.25) is 10.0 Å². The molecule has 0 aliphatic rings. The number of methoxy groups -OCH3 is 1. The van der Waals surface area contributed by atoms with Gasteiger partial charge >= 0.3 is 0 Å². The molecule has 2 rings (SSSR count). The lowest BCUT2D eigenvalue weighted by atomic mass is 10.1. The van der Waals surface area contributed by atoms with E-state index in [1.165, 1.54) is 7.11 Å². The Morgan fingerprint density at radius 2 is 1.90 bits per heavy atom. The van der Waals surface area contributed by atoms with Gasteiger partial charge in [0.2, 0.25) is 0 Å². The van der Waals surface area contributed by atoms with Gasteiger partial charge in [-0.1, -0.05) is 41.4 Å². The molecule has 0 saturated carbocycles. The zero-order valence-corrected chi connectivity index (χ0v) is 13.2.